The van der Waals surface area contributed by atoms with Crippen molar-refractivity contribution in [2.24, 2.45) is 0 Å². The zero-order valence-electron chi connectivity index (χ0n) is 21.3. The molecule has 4 rings (SSSR count). The molecule has 2 atom stereocenters. The Balaban J connectivity index is 1.89. The second-order valence-electron chi connectivity index (χ2n) is 8.51. The highest BCUT2D eigenvalue weighted by Crippen LogP contribution is 2.45. The number of carboxylic acid groups (broad SMARTS) is 2. The molecule has 8 nitrogen and oxygen atoms in total. The Morgan fingerprint density at radius 2 is 1.03 bits per heavy atom. The van der Waals surface area contributed by atoms with Crippen LogP contribution in [0, 0.1) is 0 Å². The molecule has 4 aromatic rings. The van der Waals surface area contributed by atoms with Gasteiger partial charge in [-0.25, -0.2) is 9.59 Å². The molecule has 0 aliphatic rings. The third kappa shape index (κ3) is 5.88. The van der Waals surface area contributed by atoms with Crippen molar-refractivity contribution >= 4 is 33.5 Å². The van der Waals surface area contributed by atoms with Crippen LogP contribution >= 0.6 is 0 Å². The van der Waals surface area contributed by atoms with Crippen molar-refractivity contribution in [3.05, 3.63) is 72.8 Å². The standard InChI is InChI=1S/C30H30O8/c1-3-35-25(29(31)32)17-37-23-15-13-19-9-5-7-11-21(19)27(23)28-22-12-8-6-10-20(22)14-16-24(28)38-18-26(30(33)34)36-4-2/h5-16,25-26H,3-4,17-18H2,1-2H3,(H,31,32)(H,33,34). The number of carbonyl (C=O) groups is 2. The molecule has 38 heavy (non-hydrogen) atoms. The SMILES string of the molecule is CCOC(COc1ccc2ccccc2c1-c1c(OCC(OCC)C(=O)O)ccc2ccccc12)C(=O)O. The van der Waals surface area contributed by atoms with Crippen molar-refractivity contribution in [2.75, 3.05) is 26.4 Å². The molecular formula is C30H30O8. The molecule has 0 saturated carbocycles. The van der Waals surface area contributed by atoms with E-state index in [1.807, 2.05) is 60.7 Å². The Kier molecular flexibility index (Phi) is 8.78. The van der Waals surface area contributed by atoms with Gasteiger partial charge in [-0.15, -0.1) is 0 Å². The maximum Gasteiger partial charge on any atom is 0.336 e. The van der Waals surface area contributed by atoms with Crippen molar-refractivity contribution in [2.45, 2.75) is 26.1 Å². The summed E-state index contributed by atoms with van der Waals surface area (Å²) in [4.78, 5) is 23.4. The monoisotopic (exact) mass is 518 g/mol. The van der Waals surface area contributed by atoms with Crippen molar-refractivity contribution in [3.63, 3.8) is 0 Å². The lowest BCUT2D eigenvalue weighted by molar-refractivity contribution is -0.152. The van der Waals surface area contributed by atoms with E-state index in [0.29, 0.717) is 22.6 Å². The molecule has 0 heterocycles. The predicted molar refractivity (Wildman–Crippen MR) is 144 cm³/mol. The van der Waals surface area contributed by atoms with Crippen LogP contribution in [0.1, 0.15) is 13.8 Å². The van der Waals surface area contributed by atoms with Crippen LogP contribution in [0.4, 0.5) is 0 Å². The largest absolute Gasteiger partial charge is 0.490 e. The topological polar surface area (TPSA) is 112 Å². The molecule has 0 bridgehead atoms. The van der Waals surface area contributed by atoms with Gasteiger partial charge in [-0.1, -0.05) is 60.7 Å². The fraction of sp³-hybridized carbons (Fsp3) is 0.267. The molecule has 0 spiro atoms. The van der Waals surface area contributed by atoms with Gasteiger partial charge in [0.25, 0.3) is 0 Å². The summed E-state index contributed by atoms with van der Waals surface area (Å²) in [5, 5.41) is 22.7. The summed E-state index contributed by atoms with van der Waals surface area (Å²) in [5.74, 6) is -1.32. The molecule has 0 radical (unpaired) electrons. The van der Waals surface area contributed by atoms with Gasteiger partial charge in [-0.3, -0.25) is 0 Å². The lowest BCUT2D eigenvalue weighted by atomic mass is 9.92. The van der Waals surface area contributed by atoms with Gasteiger partial charge in [0.2, 0.25) is 0 Å². The lowest BCUT2D eigenvalue weighted by Crippen LogP contribution is -2.31. The first-order valence-electron chi connectivity index (χ1n) is 12.4. The average molecular weight is 519 g/mol. The molecular weight excluding hydrogens is 488 g/mol. The minimum absolute atomic E-state index is 0.194. The molecule has 0 aliphatic heterocycles. The number of hydrogen-bond acceptors (Lipinski definition) is 6. The van der Waals surface area contributed by atoms with Gasteiger partial charge in [0.1, 0.15) is 24.7 Å². The van der Waals surface area contributed by atoms with Crippen LogP contribution in [0.15, 0.2) is 72.8 Å². The molecule has 8 heteroatoms. The first-order valence-corrected chi connectivity index (χ1v) is 12.4. The Morgan fingerprint density at radius 1 is 0.632 bits per heavy atom. The van der Waals surface area contributed by atoms with Crippen LogP contribution in [-0.2, 0) is 19.1 Å². The summed E-state index contributed by atoms with van der Waals surface area (Å²) in [6.07, 6.45) is -2.27. The van der Waals surface area contributed by atoms with Crippen LogP contribution in [0.5, 0.6) is 11.5 Å². The highest BCUT2D eigenvalue weighted by molar-refractivity contribution is 6.09. The summed E-state index contributed by atoms with van der Waals surface area (Å²) < 4.78 is 22.9. The van der Waals surface area contributed by atoms with Crippen LogP contribution in [0.3, 0.4) is 0 Å². The molecule has 4 aromatic carbocycles. The first-order chi connectivity index (χ1) is 18.4. The molecule has 2 unspecified atom stereocenters. The van der Waals surface area contributed by atoms with Gasteiger partial charge in [0.15, 0.2) is 12.2 Å². The molecule has 0 amide bonds. The lowest BCUT2D eigenvalue weighted by Gasteiger charge is -2.21. The molecule has 2 N–H and O–H groups in total. The number of aliphatic carboxylic acids is 2. The number of fused-ring (bicyclic) bond motifs is 2. The second kappa shape index (κ2) is 12.4. The zero-order chi connectivity index (χ0) is 27.1. The molecule has 0 aliphatic carbocycles. The van der Waals surface area contributed by atoms with E-state index < -0.39 is 24.1 Å². The van der Waals surface area contributed by atoms with E-state index in [-0.39, 0.29) is 26.4 Å². The fourth-order valence-corrected chi connectivity index (χ4v) is 4.37. The van der Waals surface area contributed by atoms with Crippen molar-refractivity contribution in [1.82, 2.24) is 0 Å². The first kappa shape index (κ1) is 26.9. The average Bonchev–Trinajstić information content (AvgIpc) is 2.92. The minimum Gasteiger partial charge on any atom is -0.490 e. The smallest absolute Gasteiger partial charge is 0.336 e. The highest BCUT2D eigenvalue weighted by atomic mass is 16.6. The van der Waals surface area contributed by atoms with Gasteiger partial charge < -0.3 is 29.2 Å². The fourth-order valence-electron chi connectivity index (χ4n) is 4.37. The Hall–Kier alpha value is -4.14. The van der Waals surface area contributed by atoms with Crippen molar-refractivity contribution < 1.29 is 38.7 Å². The van der Waals surface area contributed by atoms with E-state index in [9.17, 15) is 19.8 Å². The summed E-state index contributed by atoms with van der Waals surface area (Å²) in [7, 11) is 0. The van der Waals surface area contributed by atoms with Crippen LogP contribution in [0.2, 0.25) is 0 Å². The number of hydrogen-bond donors (Lipinski definition) is 2. The van der Waals surface area contributed by atoms with E-state index in [2.05, 4.69) is 0 Å². The Bertz CT molecular complexity index is 1320. The van der Waals surface area contributed by atoms with Crippen molar-refractivity contribution in [3.8, 4) is 22.6 Å². The Morgan fingerprint density at radius 3 is 1.39 bits per heavy atom. The third-order valence-electron chi connectivity index (χ3n) is 6.10. The zero-order valence-corrected chi connectivity index (χ0v) is 21.3. The normalized spacial score (nSPS) is 12.8. The highest BCUT2D eigenvalue weighted by Gasteiger charge is 2.24. The number of rotatable bonds is 13. The van der Waals surface area contributed by atoms with E-state index >= 15 is 0 Å². The summed E-state index contributed by atoms with van der Waals surface area (Å²) >= 11 is 0. The van der Waals surface area contributed by atoms with Gasteiger partial charge in [-0.05, 0) is 47.5 Å². The second-order valence-corrected chi connectivity index (χ2v) is 8.51. The third-order valence-corrected chi connectivity index (χ3v) is 6.10. The summed E-state index contributed by atoms with van der Waals surface area (Å²) in [5.41, 5.74) is 1.41. The number of carboxylic acids is 2. The van der Waals surface area contributed by atoms with Crippen LogP contribution in [-0.4, -0.2) is 60.8 Å². The van der Waals surface area contributed by atoms with Gasteiger partial charge in [-0.2, -0.15) is 0 Å². The molecule has 198 valence electrons. The molecule has 0 aromatic heterocycles. The maximum atomic E-state index is 11.7. The predicted octanol–water partition coefficient (Wildman–Crippen LogP) is 5.40. The summed E-state index contributed by atoms with van der Waals surface area (Å²) in [6, 6.07) is 23.0. The van der Waals surface area contributed by atoms with E-state index in [1.165, 1.54) is 0 Å². The maximum absolute atomic E-state index is 11.7. The van der Waals surface area contributed by atoms with Crippen LogP contribution in [0.25, 0.3) is 32.7 Å². The van der Waals surface area contributed by atoms with Gasteiger partial charge in [0.05, 0.1) is 0 Å². The van der Waals surface area contributed by atoms with Crippen LogP contribution < -0.4 is 9.47 Å². The molecule has 0 saturated heterocycles. The van der Waals surface area contributed by atoms with Gasteiger partial charge in [0, 0.05) is 24.3 Å². The molecule has 0 fully saturated rings. The van der Waals surface area contributed by atoms with Crippen molar-refractivity contribution in [1.29, 1.82) is 0 Å². The van der Waals surface area contributed by atoms with E-state index in [4.69, 9.17) is 18.9 Å². The quantitative estimate of drug-likeness (QED) is 0.242. The number of ether oxygens (including phenoxy) is 4. The minimum atomic E-state index is -1.13. The van der Waals surface area contributed by atoms with Gasteiger partial charge >= 0.3 is 11.9 Å². The van der Waals surface area contributed by atoms with E-state index in [0.717, 1.165) is 21.5 Å². The van der Waals surface area contributed by atoms with E-state index in [1.54, 1.807) is 26.0 Å². The Labute approximate surface area is 220 Å². The summed E-state index contributed by atoms with van der Waals surface area (Å²) in [6.45, 7) is 3.53. The number of benzene rings is 4.